The summed E-state index contributed by atoms with van der Waals surface area (Å²) >= 11 is 1.43. The highest BCUT2D eigenvalue weighted by atomic mass is 32.2. The van der Waals surface area contributed by atoms with Gasteiger partial charge >= 0.3 is 6.18 Å². The van der Waals surface area contributed by atoms with Crippen LogP contribution in [0.4, 0.5) is 18.9 Å². The number of thioether (sulfide) groups is 1. The quantitative estimate of drug-likeness (QED) is 0.865. The average molecular weight is 373 g/mol. The van der Waals surface area contributed by atoms with Crippen molar-refractivity contribution in [2.24, 2.45) is 0 Å². The fourth-order valence-corrected chi connectivity index (χ4v) is 3.82. The van der Waals surface area contributed by atoms with Gasteiger partial charge in [-0.25, -0.2) is 0 Å². The zero-order valence-electron chi connectivity index (χ0n) is 13.6. The number of nitrogens with zero attached hydrogens (tertiary/aromatic N) is 2. The first kappa shape index (κ1) is 18.1. The maximum absolute atomic E-state index is 12.6. The average Bonchev–Trinajstić information content (AvgIpc) is 2.54. The Balaban J connectivity index is 1.65. The van der Waals surface area contributed by atoms with Crippen molar-refractivity contribution < 1.29 is 22.8 Å². The van der Waals surface area contributed by atoms with Crippen LogP contribution < -0.4 is 5.32 Å². The number of carbonyl (C=O) groups is 2. The second kappa shape index (κ2) is 6.87. The van der Waals surface area contributed by atoms with E-state index in [1.54, 1.807) is 23.1 Å². The summed E-state index contributed by atoms with van der Waals surface area (Å²) in [5.74, 6) is -0.338. The number of amides is 2. The van der Waals surface area contributed by atoms with Gasteiger partial charge in [-0.2, -0.15) is 13.2 Å². The molecule has 0 spiro atoms. The van der Waals surface area contributed by atoms with E-state index in [0.29, 0.717) is 11.3 Å². The van der Waals surface area contributed by atoms with E-state index < -0.39 is 12.7 Å². The van der Waals surface area contributed by atoms with Crippen LogP contribution in [0.1, 0.15) is 17.3 Å². The third kappa shape index (κ3) is 4.27. The lowest BCUT2D eigenvalue weighted by Gasteiger charge is -2.35. The Hall–Kier alpha value is -1.74. The SMILES string of the molecule is CC1Sc2ccc(C(=O)N3CCN(CC(F)(F)F)CC3)cc2NC1=O. The number of anilines is 1. The number of hydrogen-bond acceptors (Lipinski definition) is 4. The van der Waals surface area contributed by atoms with Crippen LogP contribution in [0.15, 0.2) is 23.1 Å². The normalized spacial score (nSPS) is 21.7. The minimum Gasteiger partial charge on any atom is -0.336 e. The van der Waals surface area contributed by atoms with E-state index in [1.165, 1.54) is 16.7 Å². The molecule has 0 radical (unpaired) electrons. The summed E-state index contributed by atoms with van der Waals surface area (Å²) < 4.78 is 37.3. The van der Waals surface area contributed by atoms with E-state index in [1.807, 2.05) is 6.92 Å². The first-order valence-electron chi connectivity index (χ1n) is 7.93. The van der Waals surface area contributed by atoms with Crippen molar-refractivity contribution in [3.63, 3.8) is 0 Å². The molecule has 1 unspecified atom stereocenters. The third-order valence-electron chi connectivity index (χ3n) is 4.22. The monoisotopic (exact) mass is 373 g/mol. The molecule has 1 aromatic carbocycles. The molecule has 2 amide bonds. The van der Waals surface area contributed by atoms with Crippen LogP contribution in [-0.2, 0) is 4.79 Å². The lowest BCUT2D eigenvalue weighted by atomic mass is 10.1. The van der Waals surface area contributed by atoms with Gasteiger partial charge < -0.3 is 10.2 Å². The van der Waals surface area contributed by atoms with E-state index in [-0.39, 0.29) is 43.2 Å². The molecule has 1 fully saturated rings. The van der Waals surface area contributed by atoms with Crippen LogP contribution in [-0.4, -0.2) is 65.8 Å². The third-order valence-corrected chi connectivity index (χ3v) is 5.40. The molecule has 2 aliphatic heterocycles. The van der Waals surface area contributed by atoms with Crippen LogP contribution in [0.2, 0.25) is 0 Å². The molecule has 25 heavy (non-hydrogen) atoms. The predicted octanol–water partition coefficient (Wildman–Crippen LogP) is 2.44. The zero-order chi connectivity index (χ0) is 18.2. The van der Waals surface area contributed by atoms with Crippen LogP contribution in [0.25, 0.3) is 0 Å². The van der Waals surface area contributed by atoms with Gasteiger partial charge in [-0.1, -0.05) is 0 Å². The smallest absolute Gasteiger partial charge is 0.336 e. The summed E-state index contributed by atoms with van der Waals surface area (Å²) in [5, 5.41) is 2.59. The van der Waals surface area contributed by atoms with E-state index >= 15 is 0 Å². The van der Waals surface area contributed by atoms with Crippen LogP contribution in [0.3, 0.4) is 0 Å². The summed E-state index contributed by atoms with van der Waals surface area (Å²) in [5.41, 5.74) is 1.04. The highest BCUT2D eigenvalue weighted by Gasteiger charge is 2.33. The molecule has 136 valence electrons. The molecular weight excluding hydrogens is 355 g/mol. The Morgan fingerprint density at radius 1 is 1.28 bits per heavy atom. The molecule has 1 saturated heterocycles. The van der Waals surface area contributed by atoms with Crippen LogP contribution in [0.5, 0.6) is 0 Å². The van der Waals surface area contributed by atoms with Gasteiger partial charge in [0.05, 0.1) is 17.5 Å². The number of piperazine rings is 1. The molecule has 1 atom stereocenters. The second-order valence-corrected chi connectivity index (χ2v) is 7.53. The Kier molecular flexibility index (Phi) is 4.97. The Morgan fingerprint density at radius 3 is 2.60 bits per heavy atom. The number of hydrogen-bond donors (Lipinski definition) is 1. The van der Waals surface area contributed by atoms with Gasteiger partial charge in [-0.3, -0.25) is 14.5 Å². The van der Waals surface area contributed by atoms with Gasteiger partial charge in [0.2, 0.25) is 5.91 Å². The van der Waals surface area contributed by atoms with Crippen molar-refractivity contribution in [1.29, 1.82) is 0 Å². The maximum atomic E-state index is 12.6. The molecule has 1 N–H and O–H groups in total. The molecule has 2 aliphatic rings. The van der Waals surface area contributed by atoms with Crippen LogP contribution >= 0.6 is 11.8 Å². The number of rotatable bonds is 2. The highest BCUT2D eigenvalue weighted by molar-refractivity contribution is 8.00. The van der Waals surface area contributed by atoms with Gasteiger partial charge in [0, 0.05) is 36.6 Å². The lowest BCUT2D eigenvalue weighted by molar-refractivity contribution is -0.148. The fraction of sp³-hybridized carbons (Fsp3) is 0.500. The molecule has 2 heterocycles. The zero-order valence-corrected chi connectivity index (χ0v) is 14.4. The summed E-state index contributed by atoms with van der Waals surface area (Å²) in [6, 6.07) is 5.13. The standard InChI is InChI=1S/C16H18F3N3O2S/c1-10-14(23)20-12-8-11(2-3-13(12)25-10)15(24)22-6-4-21(5-7-22)9-16(17,18)19/h2-3,8,10H,4-7,9H2,1H3,(H,20,23). The largest absolute Gasteiger partial charge is 0.401 e. The first-order chi connectivity index (χ1) is 11.7. The van der Waals surface area contributed by atoms with Crippen LogP contribution in [0, 0.1) is 0 Å². The van der Waals surface area contributed by atoms with E-state index in [2.05, 4.69) is 5.32 Å². The molecule has 5 nitrogen and oxygen atoms in total. The molecule has 9 heteroatoms. The van der Waals surface area contributed by atoms with Crippen molar-refractivity contribution in [2.45, 2.75) is 23.2 Å². The highest BCUT2D eigenvalue weighted by Crippen LogP contribution is 2.36. The topological polar surface area (TPSA) is 52.7 Å². The van der Waals surface area contributed by atoms with Gasteiger partial charge in [0.15, 0.2) is 0 Å². The number of alkyl halides is 3. The number of carbonyl (C=O) groups excluding carboxylic acids is 2. The van der Waals surface area contributed by atoms with Crippen molar-refractivity contribution >= 4 is 29.3 Å². The van der Waals surface area contributed by atoms with Crippen molar-refractivity contribution in [2.75, 3.05) is 38.0 Å². The minimum absolute atomic E-state index is 0.108. The lowest BCUT2D eigenvalue weighted by Crippen LogP contribution is -2.50. The first-order valence-corrected chi connectivity index (χ1v) is 8.81. The molecule has 3 rings (SSSR count). The molecular formula is C16H18F3N3O2S. The van der Waals surface area contributed by atoms with Gasteiger partial charge in [0.25, 0.3) is 5.91 Å². The van der Waals surface area contributed by atoms with E-state index in [4.69, 9.17) is 0 Å². The summed E-state index contributed by atoms with van der Waals surface area (Å²) in [6.07, 6.45) is -4.22. The molecule has 1 aromatic rings. The van der Waals surface area contributed by atoms with Crippen molar-refractivity contribution in [1.82, 2.24) is 9.80 Å². The molecule has 0 aliphatic carbocycles. The summed E-state index contributed by atoms with van der Waals surface area (Å²) in [6.45, 7) is 1.76. The Bertz CT molecular complexity index is 688. The van der Waals surface area contributed by atoms with Gasteiger partial charge in [-0.05, 0) is 25.1 Å². The molecule has 0 bridgehead atoms. The van der Waals surface area contributed by atoms with Crippen molar-refractivity contribution in [3.8, 4) is 0 Å². The van der Waals surface area contributed by atoms with Gasteiger partial charge in [-0.15, -0.1) is 11.8 Å². The minimum atomic E-state index is -4.22. The summed E-state index contributed by atoms with van der Waals surface area (Å²) in [7, 11) is 0. The van der Waals surface area contributed by atoms with Crippen molar-refractivity contribution in [3.05, 3.63) is 23.8 Å². The Labute approximate surface area is 147 Å². The number of fused-ring (bicyclic) bond motifs is 1. The molecule has 0 aromatic heterocycles. The fourth-order valence-electron chi connectivity index (χ4n) is 2.89. The summed E-state index contributed by atoms with van der Waals surface area (Å²) in [4.78, 5) is 28.1. The number of nitrogens with one attached hydrogen (secondary N) is 1. The number of benzene rings is 1. The van der Waals surface area contributed by atoms with Gasteiger partial charge in [0.1, 0.15) is 0 Å². The van der Waals surface area contributed by atoms with E-state index in [9.17, 15) is 22.8 Å². The maximum Gasteiger partial charge on any atom is 0.401 e. The number of halogens is 3. The second-order valence-electron chi connectivity index (χ2n) is 6.14. The Morgan fingerprint density at radius 2 is 1.96 bits per heavy atom. The van der Waals surface area contributed by atoms with E-state index in [0.717, 1.165) is 4.90 Å². The predicted molar refractivity (Wildman–Crippen MR) is 88.8 cm³/mol. The molecule has 0 saturated carbocycles.